The number of halogens is 2. The van der Waals surface area contributed by atoms with E-state index < -0.39 is 14.8 Å². The topological polar surface area (TPSA) is 0 Å². The summed E-state index contributed by atoms with van der Waals surface area (Å²) in [5.41, 5.74) is 6.98. The molecular formula is C14H28Cl2Si2. The number of hydrogen-bond acceptors (Lipinski definition) is 0. The van der Waals surface area contributed by atoms with Crippen LogP contribution in [0.15, 0.2) is 0 Å². The quantitative estimate of drug-likeness (QED) is 0.288. The van der Waals surface area contributed by atoms with Gasteiger partial charge in [0, 0.05) is 0 Å². The molecule has 0 aliphatic rings. The third-order valence-electron chi connectivity index (χ3n) is 3.10. The summed E-state index contributed by atoms with van der Waals surface area (Å²) in [6.07, 6.45) is 4.57. The van der Waals surface area contributed by atoms with E-state index in [1.54, 1.807) is 0 Å². The lowest BCUT2D eigenvalue weighted by Gasteiger charge is -2.20. The van der Waals surface area contributed by atoms with Crippen molar-refractivity contribution in [3.05, 3.63) is 0 Å². The Kier molecular flexibility index (Phi) is 9.78. The molecule has 0 aromatic carbocycles. The molecule has 0 nitrogen and oxygen atoms in total. The van der Waals surface area contributed by atoms with E-state index in [0.29, 0.717) is 0 Å². The minimum atomic E-state index is -1.86. The van der Waals surface area contributed by atoms with E-state index in [-0.39, 0.29) is 0 Å². The minimum absolute atomic E-state index is 1.11. The molecule has 0 amide bonds. The van der Waals surface area contributed by atoms with Gasteiger partial charge in [-0.15, -0.1) is 11.1 Å². The lowest BCUT2D eigenvalue weighted by Crippen LogP contribution is -2.29. The van der Waals surface area contributed by atoms with Crippen LogP contribution < -0.4 is 0 Å². The van der Waals surface area contributed by atoms with Crippen molar-refractivity contribution in [2.45, 2.75) is 77.6 Å². The summed E-state index contributed by atoms with van der Waals surface area (Å²) in [7, 11) is -3.71. The van der Waals surface area contributed by atoms with Crippen molar-refractivity contribution >= 4 is 36.9 Å². The molecular weight excluding hydrogens is 295 g/mol. The van der Waals surface area contributed by atoms with Crippen molar-refractivity contribution in [1.29, 1.82) is 0 Å². The molecule has 0 aliphatic heterocycles. The second-order valence-corrected chi connectivity index (χ2v) is 15.9. The molecule has 0 aliphatic carbocycles. The van der Waals surface area contributed by atoms with Gasteiger partial charge in [-0.1, -0.05) is 53.4 Å². The highest BCUT2D eigenvalue weighted by Gasteiger charge is 2.30. The highest BCUT2D eigenvalue weighted by molar-refractivity contribution is 7.28. The normalized spacial score (nSPS) is 12.1. The average Bonchev–Trinajstić information content (AvgIpc) is 2.28. The van der Waals surface area contributed by atoms with Crippen LogP contribution in [0.4, 0.5) is 0 Å². The van der Waals surface area contributed by atoms with Gasteiger partial charge in [-0.3, -0.25) is 0 Å². The second kappa shape index (κ2) is 9.47. The Morgan fingerprint density at radius 3 is 1.00 bits per heavy atom. The zero-order chi connectivity index (χ0) is 14.1. The van der Waals surface area contributed by atoms with E-state index in [4.69, 9.17) is 22.2 Å². The van der Waals surface area contributed by atoms with Crippen LogP contribution in [0.1, 0.15) is 53.4 Å². The molecule has 0 aromatic heterocycles. The predicted molar refractivity (Wildman–Crippen MR) is 91.4 cm³/mol. The van der Waals surface area contributed by atoms with E-state index in [1.807, 2.05) is 0 Å². The number of rotatable bonds is 8. The van der Waals surface area contributed by atoms with E-state index in [0.717, 1.165) is 49.9 Å². The van der Waals surface area contributed by atoms with Crippen molar-refractivity contribution in [3.8, 4) is 11.1 Å². The van der Waals surface area contributed by atoms with Gasteiger partial charge in [-0.25, -0.2) is 0 Å². The fraction of sp³-hybridized carbons (Fsp3) is 0.857. The molecule has 0 N–H and O–H groups in total. The lowest BCUT2D eigenvalue weighted by atomic mass is 10.6. The summed E-state index contributed by atoms with van der Waals surface area (Å²) in [5, 5.41) is 0. The first-order valence-electron chi connectivity index (χ1n) is 7.37. The SMILES string of the molecule is CCC[Si](Cl)(C#C[Si](Cl)(CCC)CCC)CCC. The predicted octanol–water partition coefficient (Wildman–Crippen LogP) is 6.08. The summed E-state index contributed by atoms with van der Waals surface area (Å²) < 4.78 is 0. The van der Waals surface area contributed by atoms with Crippen LogP contribution in [0.2, 0.25) is 24.2 Å². The van der Waals surface area contributed by atoms with Gasteiger partial charge < -0.3 is 0 Å². The summed E-state index contributed by atoms with van der Waals surface area (Å²) in [5.74, 6) is 0. The first kappa shape index (κ1) is 18.6. The van der Waals surface area contributed by atoms with Crippen molar-refractivity contribution in [3.63, 3.8) is 0 Å². The maximum atomic E-state index is 6.77. The Bertz CT molecular complexity index is 243. The van der Waals surface area contributed by atoms with Crippen LogP contribution in [0.5, 0.6) is 0 Å². The molecule has 0 heterocycles. The highest BCUT2D eigenvalue weighted by atomic mass is 35.6. The fourth-order valence-electron chi connectivity index (χ4n) is 2.31. The smallest absolute Gasteiger partial charge is 0.150 e. The molecule has 0 atom stereocenters. The molecule has 0 radical (unpaired) electrons. The van der Waals surface area contributed by atoms with Gasteiger partial charge in [0.15, 0.2) is 0 Å². The molecule has 0 spiro atoms. The van der Waals surface area contributed by atoms with Crippen molar-refractivity contribution in [2.24, 2.45) is 0 Å². The van der Waals surface area contributed by atoms with Crippen molar-refractivity contribution in [2.75, 3.05) is 0 Å². The second-order valence-electron chi connectivity index (χ2n) is 5.18. The van der Waals surface area contributed by atoms with Crippen LogP contribution in [-0.4, -0.2) is 14.8 Å². The first-order valence-corrected chi connectivity index (χ1v) is 14.2. The molecule has 0 unspecified atom stereocenters. The molecule has 18 heavy (non-hydrogen) atoms. The monoisotopic (exact) mass is 322 g/mol. The van der Waals surface area contributed by atoms with Gasteiger partial charge in [-0.05, 0) is 24.2 Å². The Hall–Kier alpha value is 0.574. The van der Waals surface area contributed by atoms with Gasteiger partial charge in [-0.2, -0.15) is 22.2 Å². The summed E-state index contributed by atoms with van der Waals surface area (Å²) in [6.45, 7) is 8.80. The summed E-state index contributed by atoms with van der Waals surface area (Å²) in [6, 6.07) is 4.42. The zero-order valence-corrected chi connectivity index (χ0v) is 15.9. The highest BCUT2D eigenvalue weighted by Crippen LogP contribution is 2.27. The third-order valence-corrected chi connectivity index (χ3v) is 12.5. The lowest BCUT2D eigenvalue weighted by molar-refractivity contribution is 1.00. The van der Waals surface area contributed by atoms with Gasteiger partial charge in [0.2, 0.25) is 14.8 Å². The molecule has 0 rings (SSSR count). The first-order chi connectivity index (χ1) is 8.45. The van der Waals surface area contributed by atoms with Gasteiger partial charge in [0.05, 0.1) is 0 Å². The van der Waals surface area contributed by atoms with E-state index >= 15 is 0 Å². The molecule has 0 bridgehead atoms. The Labute approximate surface area is 125 Å². The van der Waals surface area contributed by atoms with Gasteiger partial charge in [0.1, 0.15) is 0 Å². The van der Waals surface area contributed by atoms with Crippen LogP contribution in [0, 0.1) is 11.1 Å². The van der Waals surface area contributed by atoms with Crippen LogP contribution in [-0.2, 0) is 0 Å². The Balaban J connectivity index is 4.91. The molecule has 0 aromatic rings. The summed E-state index contributed by atoms with van der Waals surface area (Å²) >= 11 is 13.5. The number of hydrogen-bond donors (Lipinski definition) is 0. The molecule has 106 valence electrons. The molecule has 0 saturated heterocycles. The molecule has 4 heteroatoms. The third kappa shape index (κ3) is 7.23. The van der Waals surface area contributed by atoms with E-state index in [9.17, 15) is 0 Å². The largest absolute Gasteiger partial charge is 0.233 e. The maximum absolute atomic E-state index is 6.77. The molecule has 0 saturated carbocycles. The summed E-state index contributed by atoms with van der Waals surface area (Å²) in [4.78, 5) is 0. The van der Waals surface area contributed by atoms with Gasteiger partial charge >= 0.3 is 0 Å². The standard InChI is InChI=1S/C14H28Cl2Si2/c1-5-9-17(15,10-6-2)13-14-18(16,11-7-3)12-8-4/h5-12H2,1-4H3. The maximum Gasteiger partial charge on any atom is 0.233 e. The van der Waals surface area contributed by atoms with Crippen molar-refractivity contribution in [1.82, 2.24) is 0 Å². The zero-order valence-electron chi connectivity index (χ0n) is 12.4. The average molecular weight is 323 g/mol. The van der Waals surface area contributed by atoms with Crippen LogP contribution in [0.3, 0.4) is 0 Å². The van der Waals surface area contributed by atoms with Gasteiger partial charge in [0.25, 0.3) is 0 Å². The minimum Gasteiger partial charge on any atom is -0.150 e. The Morgan fingerprint density at radius 2 is 0.833 bits per heavy atom. The van der Waals surface area contributed by atoms with E-state index in [1.165, 1.54) is 0 Å². The van der Waals surface area contributed by atoms with Crippen LogP contribution in [0.25, 0.3) is 0 Å². The fourth-order valence-corrected chi connectivity index (χ4v) is 11.4. The molecule has 0 fully saturated rings. The Morgan fingerprint density at radius 1 is 0.611 bits per heavy atom. The van der Waals surface area contributed by atoms with E-state index in [2.05, 4.69) is 38.8 Å². The van der Waals surface area contributed by atoms with Crippen molar-refractivity contribution < 1.29 is 0 Å². The van der Waals surface area contributed by atoms with Crippen LogP contribution >= 0.6 is 22.2 Å².